The van der Waals surface area contributed by atoms with E-state index in [9.17, 15) is 4.79 Å². The SMILES string of the molecule is CC(C)N(C)CC(=O)Nc1ccccc1C(N)=S. The number of rotatable bonds is 5. The highest BCUT2D eigenvalue weighted by atomic mass is 32.1. The molecule has 4 nitrogen and oxygen atoms in total. The van der Waals surface area contributed by atoms with Gasteiger partial charge in [-0.3, -0.25) is 9.69 Å². The minimum Gasteiger partial charge on any atom is -0.389 e. The minimum atomic E-state index is -0.0742. The van der Waals surface area contributed by atoms with Crippen LogP contribution in [0.4, 0.5) is 5.69 Å². The molecule has 0 aliphatic heterocycles. The van der Waals surface area contributed by atoms with Crippen LogP contribution in [-0.2, 0) is 4.79 Å². The van der Waals surface area contributed by atoms with E-state index in [-0.39, 0.29) is 10.9 Å². The summed E-state index contributed by atoms with van der Waals surface area (Å²) in [5.74, 6) is -0.0742. The number of para-hydroxylation sites is 1. The Hall–Kier alpha value is -1.46. The van der Waals surface area contributed by atoms with Crippen LogP contribution in [0, 0.1) is 0 Å². The van der Waals surface area contributed by atoms with Crippen molar-refractivity contribution in [2.75, 3.05) is 18.9 Å². The second-order valence-electron chi connectivity index (χ2n) is 4.47. The first-order chi connectivity index (χ1) is 8.41. The standard InChI is InChI=1S/C13H19N3OS/c1-9(2)16(3)8-12(17)15-11-7-5-4-6-10(11)13(14)18/h4-7,9H,8H2,1-3H3,(H2,14,18)(H,15,17). The quantitative estimate of drug-likeness (QED) is 0.794. The number of thiocarbonyl (C=S) groups is 1. The molecule has 1 aromatic rings. The van der Waals surface area contributed by atoms with E-state index in [1.807, 2.05) is 37.9 Å². The van der Waals surface area contributed by atoms with Crippen molar-refractivity contribution < 1.29 is 4.79 Å². The van der Waals surface area contributed by atoms with Crippen LogP contribution < -0.4 is 11.1 Å². The fraction of sp³-hybridized carbons (Fsp3) is 0.385. The lowest BCUT2D eigenvalue weighted by molar-refractivity contribution is -0.117. The molecule has 0 atom stereocenters. The Morgan fingerprint density at radius 3 is 2.61 bits per heavy atom. The number of amides is 1. The number of hydrogen-bond acceptors (Lipinski definition) is 3. The van der Waals surface area contributed by atoms with E-state index >= 15 is 0 Å². The highest BCUT2D eigenvalue weighted by molar-refractivity contribution is 7.80. The van der Waals surface area contributed by atoms with Gasteiger partial charge in [-0.05, 0) is 33.0 Å². The predicted octanol–water partition coefficient (Wildman–Crippen LogP) is 1.60. The van der Waals surface area contributed by atoms with Crippen molar-refractivity contribution in [3.63, 3.8) is 0 Å². The summed E-state index contributed by atoms with van der Waals surface area (Å²) in [6.45, 7) is 4.41. The van der Waals surface area contributed by atoms with Crippen LogP contribution in [0.5, 0.6) is 0 Å². The number of anilines is 1. The van der Waals surface area contributed by atoms with E-state index in [0.717, 1.165) is 0 Å². The third-order valence-electron chi connectivity index (χ3n) is 2.74. The number of carbonyl (C=O) groups excluding carboxylic acids is 1. The molecule has 0 saturated carbocycles. The smallest absolute Gasteiger partial charge is 0.238 e. The van der Waals surface area contributed by atoms with Crippen LogP contribution >= 0.6 is 12.2 Å². The molecule has 0 aliphatic rings. The van der Waals surface area contributed by atoms with Crippen LogP contribution in [0.15, 0.2) is 24.3 Å². The number of hydrogen-bond donors (Lipinski definition) is 2. The van der Waals surface area contributed by atoms with Gasteiger partial charge in [0.1, 0.15) is 4.99 Å². The van der Waals surface area contributed by atoms with Gasteiger partial charge in [0, 0.05) is 11.6 Å². The highest BCUT2D eigenvalue weighted by Crippen LogP contribution is 2.14. The maximum Gasteiger partial charge on any atom is 0.238 e. The van der Waals surface area contributed by atoms with Crippen molar-refractivity contribution in [3.05, 3.63) is 29.8 Å². The second-order valence-corrected chi connectivity index (χ2v) is 4.91. The molecule has 0 saturated heterocycles. The minimum absolute atomic E-state index is 0.0742. The molecule has 98 valence electrons. The van der Waals surface area contributed by atoms with E-state index in [1.165, 1.54) is 0 Å². The molecule has 5 heteroatoms. The number of carbonyl (C=O) groups is 1. The van der Waals surface area contributed by atoms with Gasteiger partial charge in [0.2, 0.25) is 5.91 Å². The first-order valence-corrected chi connectivity index (χ1v) is 6.21. The molecule has 0 bridgehead atoms. The third kappa shape index (κ3) is 4.09. The Kier molecular flexibility index (Phi) is 5.25. The molecule has 0 unspecified atom stereocenters. The van der Waals surface area contributed by atoms with Gasteiger partial charge in [0.15, 0.2) is 0 Å². The average molecular weight is 265 g/mol. The van der Waals surface area contributed by atoms with E-state index < -0.39 is 0 Å². The Labute approximate surface area is 113 Å². The van der Waals surface area contributed by atoms with Crippen LogP contribution in [0.3, 0.4) is 0 Å². The van der Waals surface area contributed by atoms with E-state index in [1.54, 1.807) is 12.1 Å². The number of nitrogens with zero attached hydrogens (tertiary/aromatic N) is 1. The summed E-state index contributed by atoms with van der Waals surface area (Å²) in [7, 11) is 1.91. The van der Waals surface area contributed by atoms with Gasteiger partial charge in [-0.2, -0.15) is 0 Å². The molecule has 1 rings (SSSR count). The van der Waals surface area contributed by atoms with Gasteiger partial charge in [0.05, 0.1) is 12.2 Å². The topological polar surface area (TPSA) is 58.4 Å². The molecule has 18 heavy (non-hydrogen) atoms. The van der Waals surface area contributed by atoms with Crippen molar-refractivity contribution in [2.24, 2.45) is 5.73 Å². The molecule has 0 aromatic heterocycles. The number of nitrogens with one attached hydrogen (secondary N) is 1. The fourth-order valence-corrected chi connectivity index (χ4v) is 1.58. The molecule has 0 aliphatic carbocycles. The summed E-state index contributed by atoms with van der Waals surface area (Å²) in [4.78, 5) is 14.1. The summed E-state index contributed by atoms with van der Waals surface area (Å²) in [6.07, 6.45) is 0. The monoisotopic (exact) mass is 265 g/mol. The molecule has 0 heterocycles. The number of nitrogens with two attached hydrogens (primary N) is 1. The highest BCUT2D eigenvalue weighted by Gasteiger charge is 2.11. The van der Waals surface area contributed by atoms with Crippen molar-refractivity contribution in [2.45, 2.75) is 19.9 Å². The number of likely N-dealkylation sites (N-methyl/N-ethyl adjacent to an activating group) is 1. The normalized spacial score (nSPS) is 10.7. The zero-order valence-electron chi connectivity index (χ0n) is 10.9. The fourth-order valence-electron chi connectivity index (χ4n) is 1.41. The summed E-state index contributed by atoms with van der Waals surface area (Å²) in [5, 5.41) is 2.83. The van der Waals surface area contributed by atoms with Crippen LogP contribution in [-0.4, -0.2) is 35.4 Å². The van der Waals surface area contributed by atoms with Gasteiger partial charge >= 0.3 is 0 Å². The number of benzene rings is 1. The first kappa shape index (κ1) is 14.6. The Morgan fingerprint density at radius 1 is 1.44 bits per heavy atom. The van der Waals surface area contributed by atoms with Crippen molar-refractivity contribution in [1.29, 1.82) is 0 Å². The van der Waals surface area contributed by atoms with Crippen molar-refractivity contribution >= 4 is 28.8 Å². The second kappa shape index (κ2) is 6.47. The summed E-state index contributed by atoms with van der Waals surface area (Å²) >= 11 is 4.95. The maximum absolute atomic E-state index is 11.9. The molecular formula is C13H19N3OS. The van der Waals surface area contributed by atoms with Crippen LogP contribution in [0.1, 0.15) is 19.4 Å². The van der Waals surface area contributed by atoms with E-state index in [0.29, 0.717) is 23.8 Å². The van der Waals surface area contributed by atoms with Crippen LogP contribution in [0.2, 0.25) is 0 Å². The average Bonchev–Trinajstić information content (AvgIpc) is 2.28. The van der Waals surface area contributed by atoms with Crippen molar-refractivity contribution in [1.82, 2.24) is 4.90 Å². The largest absolute Gasteiger partial charge is 0.389 e. The van der Waals surface area contributed by atoms with E-state index in [4.69, 9.17) is 18.0 Å². The molecule has 3 N–H and O–H groups in total. The lowest BCUT2D eigenvalue weighted by Gasteiger charge is -2.20. The first-order valence-electron chi connectivity index (χ1n) is 5.80. The van der Waals surface area contributed by atoms with Gasteiger partial charge < -0.3 is 11.1 Å². The predicted molar refractivity (Wildman–Crippen MR) is 78.7 cm³/mol. The van der Waals surface area contributed by atoms with E-state index in [2.05, 4.69) is 5.32 Å². The Morgan fingerprint density at radius 2 is 2.06 bits per heavy atom. The molecule has 0 spiro atoms. The van der Waals surface area contributed by atoms with Gasteiger partial charge in [-0.25, -0.2) is 0 Å². The lowest BCUT2D eigenvalue weighted by atomic mass is 10.2. The molecular weight excluding hydrogens is 246 g/mol. The Bertz CT molecular complexity index is 446. The van der Waals surface area contributed by atoms with Crippen molar-refractivity contribution in [3.8, 4) is 0 Å². The van der Waals surface area contributed by atoms with Gasteiger partial charge in [-0.15, -0.1) is 0 Å². The van der Waals surface area contributed by atoms with Gasteiger partial charge in [0.25, 0.3) is 0 Å². The molecule has 1 amide bonds. The maximum atomic E-state index is 11.9. The summed E-state index contributed by atoms with van der Waals surface area (Å²) < 4.78 is 0. The molecule has 0 fully saturated rings. The Balaban J connectivity index is 2.73. The molecule has 0 radical (unpaired) electrons. The van der Waals surface area contributed by atoms with Gasteiger partial charge in [-0.1, -0.05) is 24.4 Å². The lowest BCUT2D eigenvalue weighted by Crippen LogP contribution is -2.35. The third-order valence-corrected chi connectivity index (χ3v) is 2.96. The molecule has 1 aromatic carbocycles. The summed E-state index contributed by atoms with van der Waals surface area (Å²) in [6, 6.07) is 7.58. The zero-order valence-corrected chi connectivity index (χ0v) is 11.8. The summed E-state index contributed by atoms with van der Waals surface area (Å²) in [5.41, 5.74) is 6.96. The van der Waals surface area contributed by atoms with Crippen LogP contribution in [0.25, 0.3) is 0 Å². The zero-order chi connectivity index (χ0) is 13.7.